The molecule has 0 saturated carbocycles. The Bertz CT molecular complexity index is 443. The highest BCUT2D eigenvalue weighted by Crippen LogP contribution is 2.20. The highest BCUT2D eigenvalue weighted by atomic mass is 19.1. The fourth-order valence-corrected chi connectivity index (χ4v) is 2.26. The average Bonchev–Trinajstić information content (AvgIpc) is 2.68. The number of nitrogens with zero attached hydrogens (tertiary/aromatic N) is 1. The number of carbonyl (C=O) groups excluding carboxylic acids is 1. The van der Waals surface area contributed by atoms with Crippen molar-refractivity contribution in [1.82, 2.24) is 10.2 Å². The minimum atomic E-state index is -0.346. The van der Waals surface area contributed by atoms with Gasteiger partial charge in [0.15, 0.2) is 0 Å². The summed E-state index contributed by atoms with van der Waals surface area (Å²) in [4.78, 5) is 14.0. The maximum absolute atomic E-state index is 13.3. The first-order valence-corrected chi connectivity index (χ1v) is 6.51. The number of halogens is 1. The van der Waals surface area contributed by atoms with E-state index in [2.05, 4.69) is 5.32 Å². The van der Waals surface area contributed by atoms with E-state index in [0.29, 0.717) is 17.9 Å². The van der Waals surface area contributed by atoms with Crippen LogP contribution in [0, 0.1) is 5.82 Å². The van der Waals surface area contributed by atoms with Crippen molar-refractivity contribution in [1.29, 1.82) is 0 Å². The molecule has 5 heteroatoms. The normalized spacial score (nSPS) is 16.0. The lowest BCUT2D eigenvalue weighted by atomic mass is 10.1. The molecule has 1 amide bonds. The number of benzene rings is 1. The van der Waals surface area contributed by atoms with E-state index in [-0.39, 0.29) is 18.1 Å². The standard InChI is InChI=1S/C14H19FN2O2/c1-19-13-4-3-12(15)9-11(13)10-14(18)17-7-2-5-16-6-8-17/h3-4,9,16H,2,5-8,10H2,1H3. The zero-order valence-electron chi connectivity index (χ0n) is 11.1. The molecule has 0 bridgehead atoms. The molecule has 4 nitrogen and oxygen atoms in total. The zero-order valence-corrected chi connectivity index (χ0v) is 11.1. The van der Waals surface area contributed by atoms with E-state index in [9.17, 15) is 9.18 Å². The second kappa shape index (κ2) is 6.52. The molecule has 0 unspecified atom stereocenters. The fourth-order valence-electron chi connectivity index (χ4n) is 2.26. The first-order chi connectivity index (χ1) is 9.20. The van der Waals surface area contributed by atoms with Gasteiger partial charge in [-0.25, -0.2) is 4.39 Å². The largest absolute Gasteiger partial charge is 0.496 e. The Morgan fingerprint density at radius 2 is 2.26 bits per heavy atom. The minimum Gasteiger partial charge on any atom is -0.496 e. The van der Waals surface area contributed by atoms with Gasteiger partial charge in [0.2, 0.25) is 5.91 Å². The molecule has 1 aliphatic rings. The monoisotopic (exact) mass is 266 g/mol. The van der Waals surface area contributed by atoms with Gasteiger partial charge < -0.3 is 15.0 Å². The van der Waals surface area contributed by atoms with Gasteiger partial charge in [0, 0.05) is 25.2 Å². The van der Waals surface area contributed by atoms with E-state index >= 15 is 0 Å². The molecule has 0 atom stereocenters. The van der Waals surface area contributed by atoms with Gasteiger partial charge in [0.05, 0.1) is 13.5 Å². The molecule has 1 aliphatic heterocycles. The summed E-state index contributed by atoms with van der Waals surface area (Å²) in [7, 11) is 1.52. The first-order valence-electron chi connectivity index (χ1n) is 6.51. The molecular formula is C14H19FN2O2. The van der Waals surface area contributed by atoms with Crippen LogP contribution in [-0.2, 0) is 11.2 Å². The quantitative estimate of drug-likeness (QED) is 0.894. The van der Waals surface area contributed by atoms with Gasteiger partial charge in [-0.05, 0) is 31.2 Å². The summed E-state index contributed by atoms with van der Waals surface area (Å²) in [6, 6.07) is 4.26. The molecular weight excluding hydrogens is 247 g/mol. The third-order valence-corrected chi connectivity index (χ3v) is 3.28. The van der Waals surface area contributed by atoms with Crippen molar-refractivity contribution < 1.29 is 13.9 Å². The van der Waals surface area contributed by atoms with E-state index in [0.717, 1.165) is 26.1 Å². The summed E-state index contributed by atoms with van der Waals surface area (Å²) >= 11 is 0. The molecule has 0 aliphatic carbocycles. The summed E-state index contributed by atoms with van der Waals surface area (Å²) in [5.74, 6) is 0.233. The smallest absolute Gasteiger partial charge is 0.227 e. The number of rotatable bonds is 3. The molecule has 104 valence electrons. The Balaban J connectivity index is 2.07. The Morgan fingerprint density at radius 1 is 1.42 bits per heavy atom. The number of ether oxygens (including phenoxy) is 1. The van der Waals surface area contributed by atoms with Crippen LogP contribution in [0.3, 0.4) is 0 Å². The molecule has 0 aromatic heterocycles. The van der Waals surface area contributed by atoms with Crippen LogP contribution >= 0.6 is 0 Å². The number of methoxy groups -OCH3 is 1. The predicted molar refractivity (Wildman–Crippen MR) is 70.7 cm³/mol. The second-order valence-electron chi connectivity index (χ2n) is 4.62. The van der Waals surface area contributed by atoms with Crippen LogP contribution in [0.4, 0.5) is 4.39 Å². The van der Waals surface area contributed by atoms with Crippen molar-refractivity contribution in [3.8, 4) is 5.75 Å². The maximum atomic E-state index is 13.3. The van der Waals surface area contributed by atoms with Gasteiger partial charge in [0.1, 0.15) is 11.6 Å². The highest BCUT2D eigenvalue weighted by Gasteiger charge is 2.17. The lowest BCUT2D eigenvalue weighted by Crippen LogP contribution is -2.35. The highest BCUT2D eigenvalue weighted by molar-refractivity contribution is 5.79. The molecule has 1 aromatic rings. The predicted octanol–water partition coefficient (Wildman–Crippen LogP) is 1.20. The number of carbonyl (C=O) groups is 1. The Morgan fingerprint density at radius 3 is 3.05 bits per heavy atom. The van der Waals surface area contributed by atoms with Gasteiger partial charge in [-0.15, -0.1) is 0 Å². The summed E-state index contributed by atoms with van der Waals surface area (Å²) in [6.45, 7) is 3.21. The third-order valence-electron chi connectivity index (χ3n) is 3.28. The number of hydrogen-bond donors (Lipinski definition) is 1. The SMILES string of the molecule is COc1ccc(F)cc1CC(=O)N1CCCNCC1. The summed E-state index contributed by atoms with van der Waals surface area (Å²) in [5.41, 5.74) is 0.602. The van der Waals surface area contributed by atoms with Crippen LogP contribution in [0.15, 0.2) is 18.2 Å². The molecule has 1 aromatic carbocycles. The van der Waals surface area contributed by atoms with Crippen LogP contribution in [-0.4, -0.2) is 44.1 Å². The van der Waals surface area contributed by atoms with E-state index in [1.54, 1.807) is 6.07 Å². The van der Waals surface area contributed by atoms with Crippen molar-refractivity contribution in [2.24, 2.45) is 0 Å². The number of nitrogens with one attached hydrogen (secondary N) is 1. The lowest BCUT2D eigenvalue weighted by Gasteiger charge is -2.20. The van der Waals surface area contributed by atoms with E-state index < -0.39 is 0 Å². The molecule has 1 N–H and O–H groups in total. The maximum Gasteiger partial charge on any atom is 0.227 e. The molecule has 2 rings (SSSR count). The fraction of sp³-hybridized carbons (Fsp3) is 0.500. The van der Waals surface area contributed by atoms with Crippen molar-refractivity contribution in [2.75, 3.05) is 33.3 Å². The van der Waals surface area contributed by atoms with Crippen molar-refractivity contribution in [2.45, 2.75) is 12.8 Å². The van der Waals surface area contributed by atoms with Crippen LogP contribution in [0.25, 0.3) is 0 Å². The molecule has 19 heavy (non-hydrogen) atoms. The van der Waals surface area contributed by atoms with Crippen molar-refractivity contribution >= 4 is 5.91 Å². The van der Waals surface area contributed by atoms with Gasteiger partial charge in [-0.3, -0.25) is 4.79 Å². The lowest BCUT2D eigenvalue weighted by molar-refractivity contribution is -0.130. The average molecular weight is 266 g/mol. The van der Waals surface area contributed by atoms with Gasteiger partial charge in [-0.2, -0.15) is 0 Å². The molecule has 0 radical (unpaired) electrons. The molecule has 1 fully saturated rings. The Kier molecular flexibility index (Phi) is 4.74. The summed E-state index contributed by atoms with van der Waals surface area (Å²) < 4.78 is 18.4. The second-order valence-corrected chi connectivity index (χ2v) is 4.62. The number of amides is 1. The molecule has 0 spiro atoms. The van der Waals surface area contributed by atoms with Crippen LogP contribution in [0.1, 0.15) is 12.0 Å². The van der Waals surface area contributed by atoms with E-state index in [1.165, 1.54) is 19.2 Å². The first kappa shape index (κ1) is 13.8. The topological polar surface area (TPSA) is 41.6 Å². The van der Waals surface area contributed by atoms with Crippen LogP contribution in [0.5, 0.6) is 5.75 Å². The zero-order chi connectivity index (χ0) is 13.7. The minimum absolute atomic E-state index is 0.0209. The summed E-state index contributed by atoms with van der Waals surface area (Å²) in [6.07, 6.45) is 1.13. The van der Waals surface area contributed by atoms with Gasteiger partial charge in [0.25, 0.3) is 0 Å². The molecule has 1 saturated heterocycles. The van der Waals surface area contributed by atoms with Crippen molar-refractivity contribution in [3.05, 3.63) is 29.6 Å². The van der Waals surface area contributed by atoms with Crippen molar-refractivity contribution in [3.63, 3.8) is 0 Å². The molecule has 1 heterocycles. The number of hydrogen-bond acceptors (Lipinski definition) is 3. The van der Waals surface area contributed by atoms with E-state index in [4.69, 9.17) is 4.74 Å². The Labute approximate surface area is 112 Å². The van der Waals surface area contributed by atoms with E-state index in [1.807, 2.05) is 4.90 Å². The third kappa shape index (κ3) is 3.67. The van der Waals surface area contributed by atoms with Gasteiger partial charge >= 0.3 is 0 Å². The van der Waals surface area contributed by atoms with Crippen LogP contribution < -0.4 is 10.1 Å². The summed E-state index contributed by atoms with van der Waals surface area (Å²) in [5, 5.41) is 3.25. The van der Waals surface area contributed by atoms with Gasteiger partial charge in [-0.1, -0.05) is 0 Å². The van der Waals surface area contributed by atoms with Crippen LogP contribution in [0.2, 0.25) is 0 Å². The Hall–Kier alpha value is -1.62.